The van der Waals surface area contributed by atoms with Gasteiger partial charge in [-0.1, -0.05) is 190 Å². The second-order valence-corrected chi connectivity index (χ2v) is 16.8. The molecule has 0 saturated carbocycles. The molecule has 0 saturated heterocycles. The summed E-state index contributed by atoms with van der Waals surface area (Å²) in [7, 11) is 0. The molecule has 2 aliphatic carbocycles. The molecule has 278 valence electrons. The summed E-state index contributed by atoms with van der Waals surface area (Å²) in [5.74, 6) is 0. The van der Waals surface area contributed by atoms with Crippen LogP contribution in [-0.2, 0) is 10.8 Å². The summed E-state index contributed by atoms with van der Waals surface area (Å²) in [6.45, 7) is 4.77. The molecule has 59 heavy (non-hydrogen) atoms. The largest absolute Gasteiger partial charge is 0.310 e. The van der Waals surface area contributed by atoms with Crippen LogP contribution in [0.2, 0.25) is 0 Å². The Morgan fingerprint density at radius 1 is 0.305 bits per heavy atom. The van der Waals surface area contributed by atoms with Crippen molar-refractivity contribution in [1.82, 2.24) is 0 Å². The Bertz CT molecular complexity index is 2980. The quantitative estimate of drug-likeness (QED) is 0.173. The Balaban J connectivity index is 1.02. The van der Waals surface area contributed by atoms with Crippen LogP contribution in [0.1, 0.15) is 47.2 Å². The SMILES string of the molecule is CC1(C)c2cc(-c3ccccc3)ccc2N(c2ccc(-c3cccc4c3-c3ccccc3C43c4ccccc4-c4ccccc43)cc2)c2ccc(-c3ccccc3)cc21. The lowest BCUT2D eigenvalue weighted by molar-refractivity contribution is 0.632. The molecule has 9 aromatic carbocycles. The van der Waals surface area contributed by atoms with Gasteiger partial charge in [-0.15, -0.1) is 0 Å². The van der Waals surface area contributed by atoms with E-state index in [4.69, 9.17) is 0 Å². The van der Waals surface area contributed by atoms with Crippen LogP contribution in [0.25, 0.3) is 55.6 Å². The molecule has 1 spiro atoms. The van der Waals surface area contributed by atoms with E-state index in [-0.39, 0.29) is 10.8 Å². The van der Waals surface area contributed by atoms with Gasteiger partial charge < -0.3 is 4.90 Å². The fourth-order valence-electron chi connectivity index (χ4n) is 10.8. The average molecular weight is 752 g/mol. The Hall–Kier alpha value is -7.22. The van der Waals surface area contributed by atoms with Gasteiger partial charge >= 0.3 is 0 Å². The molecule has 1 heteroatoms. The van der Waals surface area contributed by atoms with Gasteiger partial charge in [-0.3, -0.25) is 0 Å². The summed E-state index contributed by atoms with van der Waals surface area (Å²) >= 11 is 0. The first-order valence-electron chi connectivity index (χ1n) is 20.8. The van der Waals surface area contributed by atoms with Gasteiger partial charge in [-0.25, -0.2) is 0 Å². The predicted octanol–water partition coefficient (Wildman–Crippen LogP) is 15.1. The minimum absolute atomic E-state index is 0.234. The molecule has 0 unspecified atom stereocenters. The van der Waals surface area contributed by atoms with Crippen molar-refractivity contribution in [2.45, 2.75) is 24.7 Å². The summed E-state index contributed by atoms with van der Waals surface area (Å²) in [6.07, 6.45) is 0. The van der Waals surface area contributed by atoms with E-state index in [1.165, 1.54) is 100 Å². The van der Waals surface area contributed by atoms with Gasteiger partial charge in [-0.05, 0) is 125 Å². The molecule has 0 aromatic heterocycles. The van der Waals surface area contributed by atoms with E-state index >= 15 is 0 Å². The summed E-state index contributed by atoms with van der Waals surface area (Å²) in [4.78, 5) is 2.48. The standard InChI is InChI=1S/C58H41N/c1-57(2)52-36-41(38-16-5-3-6-17-38)30-34-54(52)59(55-35-31-42(37-53(55)57)39-18-7-4-8-19-39)43-32-28-40(29-33-43)44-23-15-27-51-56(44)47-22-11-14-26-50(47)58(51)48-24-12-9-20-45(48)46-21-10-13-25-49(46)58/h3-37H,1-2H3. The molecule has 12 rings (SSSR count). The molecular weight excluding hydrogens is 711 g/mol. The Kier molecular flexibility index (Phi) is 7.26. The molecule has 1 aliphatic heterocycles. The zero-order valence-electron chi connectivity index (χ0n) is 33.2. The summed E-state index contributed by atoms with van der Waals surface area (Å²) in [6, 6.07) is 79.1. The third kappa shape index (κ3) is 4.73. The normalized spacial score (nSPS) is 14.5. The van der Waals surface area contributed by atoms with E-state index in [0.717, 1.165) is 5.69 Å². The lowest BCUT2D eigenvalue weighted by Gasteiger charge is -2.42. The molecular formula is C58H41N. The van der Waals surface area contributed by atoms with Gasteiger partial charge in [0, 0.05) is 11.1 Å². The summed E-state index contributed by atoms with van der Waals surface area (Å²) in [5, 5.41) is 0. The molecule has 0 fully saturated rings. The van der Waals surface area contributed by atoms with E-state index in [1.54, 1.807) is 0 Å². The second-order valence-electron chi connectivity index (χ2n) is 16.8. The average Bonchev–Trinajstić information content (AvgIpc) is 3.77. The number of fused-ring (bicyclic) bond motifs is 12. The van der Waals surface area contributed by atoms with Crippen molar-refractivity contribution >= 4 is 17.1 Å². The smallest absolute Gasteiger partial charge is 0.0725 e. The fraction of sp³-hybridized carbons (Fsp3) is 0.0690. The maximum Gasteiger partial charge on any atom is 0.0725 e. The van der Waals surface area contributed by atoms with Crippen LogP contribution in [0.3, 0.4) is 0 Å². The highest BCUT2D eigenvalue weighted by atomic mass is 15.2. The number of hydrogen-bond donors (Lipinski definition) is 0. The Morgan fingerprint density at radius 2 is 0.729 bits per heavy atom. The Morgan fingerprint density at radius 3 is 1.27 bits per heavy atom. The highest BCUT2D eigenvalue weighted by Crippen LogP contribution is 2.64. The van der Waals surface area contributed by atoms with Crippen LogP contribution in [0.4, 0.5) is 17.1 Å². The van der Waals surface area contributed by atoms with Crippen molar-refractivity contribution in [3.8, 4) is 55.6 Å². The minimum Gasteiger partial charge on any atom is -0.310 e. The zero-order chi connectivity index (χ0) is 39.3. The van der Waals surface area contributed by atoms with Crippen molar-refractivity contribution in [3.63, 3.8) is 0 Å². The molecule has 3 aliphatic rings. The monoisotopic (exact) mass is 751 g/mol. The number of hydrogen-bond acceptors (Lipinski definition) is 1. The van der Waals surface area contributed by atoms with Crippen LogP contribution >= 0.6 is 0 Å². The van der Waals surface area contributed by atoms with Crippen LogP contribution in [0.15, 0.2) is 212 Å². The van der Waals surface area contributed by atoms with Gasteiger partial charge in [0.25, 0.3) is 0 Å². The predicted molar refractivity (Wildman–Crippen MR) is 246 cm³/mol. The van der Waals surface area contributed by atoms with Crippen molar-refractivity contribution in [2.75, 3.05) is 4.90 Å². The maximum atomic E-state index is 2.48. The number of anilines is 3. The number of benzene rings is 9. The van der Waals surface area contributed by atoms with Crippen molar-refractivity contribution < 1.29 is 0 Å². The molecule has 9 aromatic rings. The molecule has 0 amide bonds. The second kappa shape index (κ2) is 12.6. The van der Waals surface area contributed by atoms with Crippen LogP contribution in [0, 0.1) is 0 Å². The molecule has 1 nitrogen and oxygen atoms in total. The fourth-order valence-corrected chi connectivity index (χ4v) is 10.8. The third-order valence-corrected chi connectivity index (χ3v) is 13.5. The van der Waals surface area contributed by atoms with E-state index in [2.05, 4.69) is 231 Å². The van der Waals surface area contributed by atoms with Crippen molar-refractivity contribution in [1.29, 1.82) is 0 Å². The van der Waals surface area contributed by atoms with Crippen molar-refractivity contribution in [2.24, 2.45) is 0 Å². The van der Waals surface area contributed by atoms with E-state index in [0.29, 0.717) is 0 Å². The highest BCUT2D eigenvalue weighted by molar-refractivity contribution is 6.00. The molecule has 0 atom stereocenters. The lowest BCUT2D eigenvalue weighted by atomic mass is 9.70. The summed E-state index contributed by atoms with van der Waals surface area (Å²) in [5.41, 5.74) is 23.8. The van der Waals surface area contributed by atoms with Gasteiger partial charge in [0.1, 0.15) is 0 Å². The van der Waals surface area contributed by atoms with Crippen LogP contribution in [-0.4, -0.2) is 0 Å². The van der Waals surface area contributed by atoms with Crippen LogP contribution < -0.4 is 4.90 Å². The van der Waals surface area contributed by atoms with Gasteiger partial charge in [0.15, 0.2) is 0 Å². The zero-order valence-corrected chi connectivity index (χ0v) is 33.2. The molecule has 0 radical (unpaired) electrons. The first-order chi connectivity index (χ1) is 29.0. The maximum absolute atomic E-state index is 2.48. The lowest BCUT2D eigenvalue weighted by Crippen LogP contribution is -2.30. The van der Waals surface area contributed by atoms with E-state index in [9.17, 15) is 0 Å². The Labute approximate surface area is 346 Å². The first kappa shape index (κ1) is 33.9. The molecule has 0 bridgehead atoms. The molecule has 0 N–H and O–H groups in total. The van der Waals surface area contributed by atoms with Crippen molar-refractivity contribution in [3.05, 3.63) is 246 Å². The first-order valence-corrected chi connectivity index (χ1v) is 20.8. The summed E-state index contributed by atoms with van der Waals surface area (Å²) < 4.78 is 0. The van der Waals surface area contributed by atoms with Gasteiger partial charge in [0.2, 0.25) is 0 Å². The number of nitrogens with zero attached hydrogens (tertiary/aromatic N) is 1. The van der Waals surface area contributed by atoms with E-state index < -0.39 is 0 Å². The molecule has 1 heterocycles. The third-order valence-electron chi connectivity index (χ3n) is 13.5. The highest BCUT2D eigenvalue weighted by Gasteiger charge is 2.52. The van der Waals surface area contributed by atoms with Gasteiger partial charge in [0.05, 0.1) is 16.8 Å². The van der Waals surface area contributed by atoms with Gasteiger partial charge in [-0.2, -0.15) is 0 Å². The van der Waals surface area contributed by atoms with E-state index in [1.807, 2.05) is 0 Å². The minimum atomic E-state index is -0.361. The van der Waals surface area contributed by atoms with Crippen LogP contribution in [0.5, 0.6) is 0 Å². The topological polar surface area (TPSA) is 3.24 Å². The number of rotatable bonds is 4.